The monoisotopic (exact) mass is 442 g/mol. The van der Waals surface area contributed by atoms with Gasteiger partial charge in [-0.1, -0.05) is 91.0 Å². The zero-order chi connectivity index (χ0) is 22.6. The molecule has 0 aliphatic rings. The van der Waals surface area contributed by atoms with E-state index in [4.69, 9.17) is 0 Å². The molecule has 162 valence electrons. The van der Waals surface area contributed by atoms with Crippen LogP contribution in [0.2, 0.25) is 0 Å². The van der Waals surface area contributed by atoms with E-state index < -0.39 is 11.8 Å². The van der Waals surface area contributed by atoms with E-state index in [1.165, 1.54) is 0 Å². The Morgan fingerprint density at radius 2 is 1.22 bits per heavy atom. The smallest absolute Gasteiger partial charge is 0.173 e. The minimum atomic E-state index is -2.99. The van der Waals surface area contributed by atoms with Crippen molar-refractivity contribution in [2.75, 3.05) is 12.7 Å². The summed E-state index contributed by atoms with van der Waals surface area (Å²) in [6.07, 6.45) is 0.335. The molecule has 32 heavy (non-hydrogen) atoms. The first-order valence-corrected chi connectivity index (χ1v) is 12.8. The quantitative estimate of drug-likeness (QED) is 0.206. The van der Waals surface area contributed by atoms with Crippen molar-refractivity contribution in [2.45, 2.75) is 13.8 Å². The SMILES string of the molecule is Cc1ccccc1[N+](O)(CCP(=O)(c1ccccc1)c1ccccc1C)c1ccccc1. The summed E-state index contributed by atoms with van der Waals surface area (Å²) in [5, 5.41) is 13.8. The maximum Gasteiger partial charge on any atom is 0.173 e. The van der Waals surface area contributed by atoms with E-state index >= 15 is 0 Å². The van der Waals surface area contributed by atoms with E-state index in [1.54, 1.807) is 0 Å². The van der Waals surface area contributed by atoms with Gasteiger partial charge >= 0.3 is 0 Å². The van der Waals surface area contributed by atoms with Gasteiger partial charge in [0.2, 0.25) is 0 Å². The zero-order valence-corrected chi connectivity index (χ0v) is 19.5. The van der Waals surface area contributed by atoms with Crippen molar-refractivity contribution in [3.8, 4) is 0 Å². The van der Waals surface area contributed by atoms with Gasteiger partial charge < -0.3 is 4.57 Å². The van der Waals surface area contributed by atoms with Gasteiger partial charge in [0.15, 0.2) is 11.4 Å². The molecule has 0 amide bonds. The molecule has 0 saturated carbocycles. The molecule has 0 aromatic heterocycles. The minimum Gasteiger partial charge on any atom is -0.313 e. The van der Waals surface area contributed by atoms with E-state index in [1.807, 2.05) is 123 Å². The Morgan fingerprint density at radius 3 is 1.84 bits per heavy atom. The van der Waals surface area contributed by atoms with Crippen LogP contribution < -0.4 is 15.3 Å². The summed E-state index contributed by atoms with van der Waals surface area (Å²) in [5.74, 6) is 0. The Morgan fingerprint density at radius 1 is 0.688 bits per heavy atom. The first-order valence-electron chi connectivity index (χ1n) is 10.9. The molecule has 2 atom stereocenters. The summed E-state index contributed by atoms with van der Waals surface area (Å²) in [5.41, 5.74) is 3.55. The number of hydrogen-bond acceptors (Lipinski definition) is 2. The van der Waals surface area contributed by atoms with E-state index in [0.29, 0.717) is 6.16 Å². The van der Waals surface area contributed by atoms with Crippen LogP contribution in [-0.4, -0.2) is 17.9 Å². The molecule has 4 aromatic carbocycles. The summed E-state index contributed by atoms with van der Waals surface area (Å²) < 4.78 is 14.3. The molecule has 2 unspecified atom stereocenters. The Labute approximate surface area is 190 Å². The highest BCUT2D eigenvalue weighted by Crippen LogP contribution is 2.46. The Balaban J connectivity index is 1.82. The molecular formula is C28H29NO2P+. The summed E-state index contributed by atoms with van der Waals surface area (Å²) in [7, 11) is -2.99. The van der Waals surface area contributed by atoms with Gasteiger partial charge in [0.25, 0.3) is 0 Å². The molecule has 4 aromatic rings. The highest BCUT2D eigenvalue weighted by molar-refractivity contribution is 7.78. The maximum absolute atomic E-state index is 14.7. The number of nitrogens with zero attached hydrogens (tertiary/aromatic N) is 1. The normalized spacial score (nSPS) is 15.0. The van der Waals surface area contributed by atoms with Crippen LogP contribution in [0.25, 0.3) is 0 Å². The fourth-order valence-corrected chi connectivity index (χ4v) is 7.33. The molecular weight excluding hydrogens is 413 g/mol. The molecule has 0 aliphatic carbocycles. The fraction of sp³-hybridized carbons (Fsp3) is 0.143. The second-order valence-corrected chi connectivity index (χ2v) is 11.1. The van der Waals surface area contributed by atoms with Crippen LogP contribution >= 0.6 is 7.14 Å². The molecule has 3 nitrogen and oxygen atoms in total. The number of quaternary nitrogens is 1. The molecule has 4 rings (SSSR count). The van der Waals surface area contributed by atoms with E-state index in [2.05, 4.69) is 0 Å². The number of hydroxylamine groups is 1. The number of aryl methyl sites for hydroxylation is 2. The second kappa shape index (κ2) is 9.26. The van der Waals surface area contributed by atoms with Crippen LogP contribution in [0, 0.1) is 13.8 Å². The molecule has 0 saturated heterocycles. The maximum atomic E-state index is 14.7. The van der Waals surface area contributed by atoms with Crippen LogP contribution in [0.15, 0.2) is 109 Å². The number of para-hydroxylation sites is 2. The lowest BCUT2D eigenvalue weighted by Crippen LogP contribution is -2.44. The molecule has 0 spiro atoms. The van der Waals surface area contributed by atoms with Gasteiger partial charge in [0.05, 0.1) is 6.16 Å². The lowest BCUT2D eigenvalue weighted by molar-refractivity contribution is -0.0181. The minimum absolute atomic E-state index is 0.287. The Bertz CT molecular complexity index is 1240. The summed E-state index contributed by atoms with van der Waals surface area (Å²) >= 11 is 0. The van der Waals surface area contributed by atoms with Crippen molar-refractivity contribution in [2.24, 2.45) is 0 Å². The number of benzene rings is 4. The van der Waals surface area contributed by atoms with E-state index in [9.17, 15) is 9.77 Å². The Hall–Kier alpha value is -2.97. The van der Waals surface area contributed by atoms with Crippen LogP contribution in [0.5, 0.6) is 0 Å². The molecule has 0 aliphatic heterocycles. The summed E-state index contributed by atoms with van der Waals surface area (Å²) in [6.45, 7) is 4.29. The van der Waals surface area contributed by atoms with Gasteiger partial charge in [-0.3, -0.25) is 0 Å². The van der Waals surface area contributed by atoms with Crippen LogP contribution in [0.3, 0.4) is 0 Å². The molecule has 1 N–H and O–H groups in total. The molecule has 4 heteroatoms. The van der Waals surface area contributed by atoms with Gasteiger partial charge in [-0.15, -0.1) is 4.65 Å². The predicted molar refractivity (Wildman–Crippen MR) is 135 cm³/mol. The van der Waals surface area contributed by atoms with Gasteiger partial charge in [-0.05, 0) is 19.4 Å². The standard InChI is InChI=1S/C28H29NO2P/c1-23-13-9-11-19-27(23)29(30,25-15-5-3-6-16-25)21-22-32(31,26-17-7-4-8-18-26)28-20-12-10-14-24(28)2/h3-20,30H,21-22H2,1-2H3/q+1. The van der Waals surface area contributed by atoms with Crippen molar-refractivity contribution in [1.29, 1.82) is 0 Å². The van der Waals surface area contributed by atoms with Gasteiger partial charge in [0.1, 0.15) is 13.7 Å². The second-order valence-electron chi connectivity index (χ2n) is 8.20. The van der Waals surface area contributed by atoms with Crippen LogP contribution in [-0.2, 0) is 4.57 Å². The highest BCUT2D eigenvalue weighted by Gasteiger charge is 2.38. The lowest BCUT2D eigenvalue weighted by atomic mass is 10.1. The first-order chi connectivity index (χ1) is 15.4. The highest BCUT2D eigenvalue weighted by atomic mass is 31.2. The largest absolute Gasteiger partial charge is 0.313 e. The fourth-order valence-electron chi connectivity index (χ4n) is 4.35. The number of rotatable bonds is 7. The molecule has 0 fully saturated rings. The van der Waals surface area contributed by atoms with Gasteiger partial charge in [0, 0.05) is 34.4 Å². The third kappa shape index (κ3) is 4.20. The topological polar surface area (TPSA) is 37.3 Å². The summed E-state index contributed by atoms with van der Waals surface area (Å²) in [4.78, 5) is 0. The van der Waals surface area contributed by atoms with Crippen LogP contribution in [0.4, 0.5) is 11.4 Å². The van der Waals surface area contributed by atoms with Gasteiger partial charge in [-0.2, -0.15) is 0 Å². The van der Waals surface area contributed by atoms with Crippen LogP contribution in [0.1, 0.15) is 11.1 Å². The van der Waals surface area contributed by atoms with Gasteiger partial charge in [-0.25, -0.2) is 5.21 Å². The van der Waals surface area contributed by atoms with E-state index in [0.717, 1.165) is 33.1 Å². The lowest BCUT2D eigenvalue weighted by Gasteiger charge is -2.32. The Kier molecular flexibility index (Phi) is 6.43. The zero-order valence-electron chi connectivity index (χ0n) is 18.6. The predicted octanol–water partition coefficient (Wildman–Crippen LogP) is 6.35. The first kappa shape index (κ1) is 22.2. The summed E-state index contributed by atoms with van der Waals surface area (Å²) in [6, 6.07) is 35.1. The average molecular weight is 443 g/mol. The van der Waals surface area contributed by atoms with Crippen molar-refractivity contribution in [3.63, 3.8) is 0 Å². The average Bonchev–Trinajstić information content (AvgIpc) is 2.84. The van der Waals surface area contributed by atoms with Crippen molar-refractivity contribution in [1.82, 2.24) is 4.65 Å². The molecule has 0 bridgehead atoms. The third-order valence-electron chi connectivity index (χ3n) is 6.11. The van der Waals surface area contributed by atoms with Crippen molar-refractivity contribution in [3.05, 3.63) is 120 Å². The third-order valence-corrected chi connectivity index (χ3v) is 9.36. The van der Waals surface area contributed by atoms with Crippen molar-refractivity contribution >= 4 is 29.1 Å². The number of hydrogen-bond donors (Lipinski definition) is 1. The molecule has 0 radical (unpaired) electrons. The van der Waals surface area contributed by atoms with Crippen molar-refractivity contribution < 1.29 is 9.77 Å². The van der Waals surface area contributed by atoms with E-state index in [-0.39, 0.29) is 6.54 Å². The molecule has 0 heterocycles.